The van der Waals surface area contributed by atoms with Crippen LogP contribution in [0.25, 0.3) is 0 Å². The third kappa shape index (κ3) is 7.04. The summed E-state index contributed by atoms with van der Waals surface area (Å²) in [6.07, 6.45) is 0.371. The fourth-order valence-corrected chi connectivity index (χ4v) is 1.83. The number of hydrogen-bond acceptors (Lipinski definition) is 3. The second-order valence-corrected chi connectivity index (χ2v) is 5.10. The molecule has 0 fully saturated rings. The van der Waals surface area contributed by atoms with E-state index < -0.39 is 6.61 Å². The zero-order valence-corrected chi connectivity index (χ0v) is 12.5. The predicted octanol–water partition coefficient (Wildman–Crippen LogP) is 2.85. The molecule has 6 heteroatoms. The van der Waals surface area contributed by atoms with Crippen LogP contribution in [-0.2, 0) is 4.79 Å². The first-order chi connectivity index (χ1) is 9.88. The molecular weight excluding hydrogens is 278 g/mol. The number of alkyl halides is 2. The summed E-state index contributed by atoms with van der Waals surface area (Å²) in [5.74, 6) is 0.000837. The van der Waals surface area contributed by atoms with Gasteiger partial charge in [-0.15, -0.1) is 0 Å². The molecule has 1 amide bonds. The Kier molecular flexibility index (Phi) is 7.08. The number of ether oxygens (including phenoxy) is 1. The number of carbonyl (C=O) groups excluding carboxylic acids is 1. The van der Waals surface area contributed by atoms with E-state index in [2.05, 4.69) is 15.4 Å². The first kappa shape index (κ1) is 17.4. The second kappa shape index (κ2) is 8.56. The van der Waals surface area contributed by atoms with Gasteiger partial charge in [-0.2, -0.15) is 8.78 Å². The van der Waals surface area contributed by atoms with E-state index in [1.165, 1.54) is 12.1 Å². The summed E-state index contributed by atoms with van der Waals surface area (Å²) in [5.41, 5.74) is 0.721. The van der Waals surface area contributed by atoms with E-state index in [0.717, 1.165) is 5.56 Å². The molecule has 0 spiro atoms. The summed E-state index contributed by atoms with van der Waals surface area (Å²) in [6, 6.07) is 6.41. The molecule has 4 nitrogen and oxygen atoms in total. The van der Waals surface area contributed by atoms with Crippen molar-refractivity contribution in [1.29, 1.82) is 0 Å². The van der Waals surface area contributed by atoms with Gasteiger partial charge >= 0.3 is 6.61 Å². The fourth-order valence-electron chi connectivity index (χ4n) is 1.83. The van der Waals surface area contributed by atoms with Crippen LogP contribution in [-0.4, -0.2) is 25.1 Å². The number of rotatable bonds is 8. The molecule has 21 heavy (non-hydrogen) atoms. The van der Waals surface area contributed by atoms with Crippen molar-refractivity contribution in [1.82, 2.24) is 10.6 Å². The molecule has 0 radical (unpaired) electrons. The molecule has 0 heterocycles. The van der Waals surface area contributed by atoms with Gasteiger partial charge in [0.05, 0.1) is 6.04 Å². The Morgan fingerprint density at radius 1 is 1.29 bits per heavy atom. The average Bonchev–Trinajstić information content (AvgIpc) is 2.37. The number of halogens is 2. The highest BCUT2D eigenvalue weighted by Crippen LogP contribution is 2.20. The van der Waals surface area contributed by atoms with E-state index in [9.17, 15) is 13.6 Å². The van der Waals surface area contributed by atoms with E-state index in [1.807, 2.05) is 13.8 Å². The van der Waals surface area contributed by atoms with E-state index in [1.54, 1.807) is 19.1 Å². The first-order valence-electron chi connectivity index (χ1n) is 6.96. The van der Waals surface area contributed by atoms with Crippen LogP contribution in [0.5, 0.6) is 5.75 Å². The molecule has 0 aliphatic rings. The van der Waals surface area contributed by atoms with Gasteiger partial charge in [0.1, 0.15) is 5.75 Å². The summed E-state index contributed by atoms with van der Waals surface area (Å²) in [5, 5.41) is 5.98. The first-order valence-corrected chi connectivity index (χ1v) is 6.96. The van der Waals surface area contributed by atoms with E-state index >= 15 is 0 Å². The van der Waals surface area contributed by atoms with Crippen molar-refractivity contribution in [2.75, 3.05) is 6.54 Å². The van der Waals surface area contributed by atoms with Gasteiger partial charge in [-0.1, -0.05) is 26.0 Å². The van der Waals surface area contributed by atoms with E-state index in [-0.39, 0.29) is 17.7 Å². The zero-order valence-electron chi connectivity index (χ0n) is 12.5. The Hall–Kier alpha value is -1.69. The Morgan fingerprint density at radius 3 is 2.62 bits per heavy atom. The fraction of sp³-hybridized carbons (Fsp3) is 0.533. The molecule has 1 aromatic rings. The van der Waals surface area contributed by atoms with Crippen LogP contribution < -0.4 is 15.4 Å². The topological polar surface area (TPSA) is 50.4 Å². The van der Waals surface area contributed by atoms with Crippen LogP contribution in [0.2, 0.25) is 0 Å². The molecule has 0 aliphatic carbocycles. The Bertz CT molecular complexity index is 453. The molecule has 2 N–H and O–H groups in total. The number of benzene rings is 1. The summed E-state index contributed by atoms with van der Waals surface area (Å²) in [4.78, 5) is 11.8. The van der Waals surface area contributed by atoms with Gasteiger partial charge in [0.15, 0.2) is 0 Å². The Labute approximate surface area is 123 Å². The minimum absolute atomic E-state index is 0.0872. The molecule has 1 atom stereocenters. The number of amides is 1. The third-order valence-corrected chi connectivity index (χ3v) is 2.87. The maximum Gasteiger partial charge on any atom is 0.387 e. The maximum atomic E-state index is 12.2. The van der Waals surface area contributed by atoms with Gasteiger partial charge in [0, 0.05) is 19.0 Å². The third-order valence-electron chi connectivity index (χ3n) is 2.87. The minimum atomic E-state index is -2.85. The largest absolute Gasteiger partial charge is 0.435 e. The van der Waals surface area contributed by atoms with Gasteiger partial charge in [0.25, 0.3) is 0 Å². The van der Waals surface area contributed by atoms with Crippen molar-refractivity contribution in [3.8, 4) is 5.75 Å². The molecule has 1 rings (SSSR count). The molecule has 1 aromatic carbocycles. The van der Waals surface area contributed by atoms with Gasteiger partial charge in [-0.25, -0.2) is 0 Å². The van der Waals surface area contributed by atoms with Crippen LogP contribution in [0.4, 0.5) is 8.78 Å². The van der Waals surface area contributed by atoms with Crippen molar-refractivity contribution >= 4 is 5.91 Å². The summed E-state index contributed by atoms with van der Waals surface area (Å²) in [6.45, 7) is 3.57. The molecular formula is C15H22F2N2O2. The van der Waals surface area contributed by atoms with Gasteiger partial charge < -0.3 is 15.4 Å². The second-order valence-electron chi connectivity index (χ2n) is 5.10. The Morgan fingerprint density at radius 2 is 2.00 bits per heavy atom. The van der Waals surface area contributed by atoms with Crippen molar-refractivity contribution in [3.63, 3.8) is 0 Å². The van der Waals surface area contributed by atoms with Crippen LogP contribution in [0.1, 0.15) is 38.8 Å². The van der Waals surface area contributed by atoms with Crippen molar-refractivity contribution in [2.45, 2.75) is 45.9 Å². The van der Waals surface area contributed by atoms with E-state index in [0.29, 0.717) is 19.0 Å². The average molecular weight is 300 g/mol. The SMILES string of the molecule is CC(C)NCCC(=O)NC(C)c1cccc(OC(F)F)c1. The lowest BCUT2D eigenvalue weighted by molar-refractivity contribution is -0.121. The number of hydrogen-bond donors (Lipinski definition) is 2. The molecule has 0 aromatic heterocycles. The van der Waals surface area contributed by atoms with Crippen molar-refractivity contribution < 1.29 is 18.3 Å². The van der Waals surface area contributed by atoms with Crippen molar-refractivity contribution in [2.24, 2.45) is 0 Å². The Balaban J connectivity index is 2.50. The van der Waals surface area contributed by atoms with Crippen LogP contribution in [0.3, 0.4) is 0 Å². The highest BCUT2D eigenvalue weighted by Gasteiger charge is 2.11. The number of carbonyl (C=O) groups is 1. The quantitative estimate of drug-likeness (QED) is 0.776. The molecule has 0 saturated heterocycles. The lowest BCUT2D eigenvalue weighted by atomic mass is 10.1. The summed E-state index contributed by atoms with van der Waals surface area (Å²) < 4.78 is 28.7. The molecule has 118 valence electrons. The van der Waals surface area contributed by atoms with Crippen LogP contribution >= 0.6 is 0 Å². The normalized spacial score (nSPS) is 12.5. The van der Waals surface area contributed by atoms with E-state index in [4.69, 9.17) is 0 Å². The smallest absolute Gasteiger partial charge is 0.387 e. The summed E-state index contributed by atoms with van der Waals surface area (Å²) >= 11 is 0. The lowest BCUT2D eigenvalue weighted by Crippen LogP contribution is -2.31. The lowest BCUT2D eigenvalue weighted by Gasteiger charge is -2.16. The van der Waals surface area contributed by atoms with Crippen molar-refractivity contribution in [3.05, 3.63) is 29.8 Å². The van der Waals surface area contributed by atoms with Gasteiger partial charge in [-0.3, -0.25) is 4.79 Å². The molecule has 0 saturated carbocycles. The molecule has 0 bridgehead atoms. The standard InChI is InChI=1S/C15H22F2N2O2/c1-10(2)18-8-7-14(20)19-11(3)12-5-4-6-13(9-12)21-15(16)17/h4-6,9-11,15,18H,7-8H2,1-3H3,(H,19,20). The monoisotopic (exact) mass is 300 g/mol. The number of nitrogens with one attached hydrogen (secondary N) is 2. The molecule has 1 unspecified atom stereocenters. The van der Waals surface area contributed by atoms with Crippen LogP contribution in [0, 0.1) is 0 Å². The highest BCUT2D eigenvalue weighted by atomic mass is 19.3. The highest BCUT2D eigenvalue weighted by molar-refractivity contribution is 5.76. The zero-order chi connectivity index (χ0) is 15.8. The molecule has 0 aliphatic heterocycles. The van der Waals surface area contributed by atoms with Crippen LogP contribution in [0.15, 0.2) is 24.3 Å². The summed E-state index contributed by atoms with van der Waals surface area (Å²) in [7, 11) is 0. The van der Waals surface area contributed by atoms with Gasteiger partial charge in [-0.05, 0) is 24.6 Å². The predicted molar refractivity (Wildman–Crippen MR) is 77.4 cm³/mol. The maximum absolute atomic E-state index is 12.2. The van der Waals surface area contributed by atoms with Gasteiger partial charge in [0.2, 0.25) is 5.91 Å². The minimum Gasteiger partial charge on any atom is -0.435 e.